The number of para-hydroxylation sites is 2. The van der Waals surface area contributed by atoms with Gasteiger partial charge in [-0.3, -0.25) is 4.79 Å². The van der Waals surface area contributed by atoms with Gasteiger partial charge in [0, 0.05) is 17.9 Å². The van der Waals surface area contributed by atoms with E-state index in [-0.39, 0.29) is 24.0 Å². The Morgan fingerprint density at radius 2 is 2.07 bits per heavy atom. The number of amides is 1. The molecule has 29 heavy (non-hydrogen) atoms. The maximum atomic E-state index is 12.5. The van der Waals surface area contributed by atoms with Crippen LogP contribution in [0.5, 0.6) is 11.5 Å². The number of phenolic OH excluding ortho intramolecular Hbond substituents is 1. The van der Waals surface area contributed by atoms with Crippen molar-refractivity contribution in [3.05, 3.63) is 59.3 Å². The van der Waals surface area contributed by atoms with E-state index >= 15 is 0 Å². The molecule has 4 aromatic rings. The minimum Gasteiger partial charge on any atom is -0.504 e. The number of nitrogens with one attached hydrogen (secondary N) is 2. The Balaban J connectivity index is 1.66. The van der Waals surface area contributed by atoms with Crippen molar-refractivity contribution in [2.75, 3.05) is 12.4 Å². The van der Waals surface area contributed by atoms with E-state index in [1.54, 1.807) is 16.8 Å². The first kappa shape index (κ1) is 17.3. The average Bonchev–Trinajstić information content (AvgIpc) is 3.29. The molecule has 0 radical (unpaired) electrons. The third-order valence-corrected chi connectivity index (χ3v) is 5.29. The lowest BCUT2D eigenvalue weighted by atomic mass is 9.85. The highest BCUT2D eigenvalue weighted by Gasteiger charge is 2.33. The molecular formula is C21H19N5O3. The molecule has 2 aromatic heterocycles. The van der Waals surface area contributed by atoms with Crippen molar-refractivity contribution in [1.82, 2.24) is 19.7 Å². The second-order valence-electron chi connectivity index (χ2n) is 7.07. The van der Waals surface area contributed by atoms with Crippen molar-refractivity contribution in [2.24, 2.45) is 0 Å². The number of anilines is 1. The van der Waals surface area contributed by atoms with E-state index in [1.807, 2.05) is 37.3 Å². The number of aromatic nitrogens is 4. The number of carbonyl (C=O) groups is 1. The Hall–Kier alpha value is -3.81. The fraction of sp³-hybridized carbons (Fsp3) is 0.190. The summed E-state index contributed by atoms with van der Waals surface area (Å²) in [6, 6.07) is 12.9. The van der Waals surface area contributed by atoms with Crippen LogP contribution in [0.4, 0.5) is 5.82 Å². The first-order valence-corrected chi connectivity index (χ1v) is 9.26. The summed E-state index contributed by atoms with van der Waals surface area (Å²) in [6.07, 6.45) is 0.285. The van der Waals surface area contributed by atoms with E-state index < -0.39 is 0 Å². The number of rotatable bonds is 3. The highest BCUT2D eigenvalue weighted by molar-refractivity contribution is 5.95. The molecule has 3 N–H and O–H groups in total. The number of carbonyl (C=O) groups excluding carboxylic acids is 1. The van der Waals surface area contributed by atoms with E-state index in [9.17, 15) is 9.90 Å². The van der Waals surface area contributed by atoms with Gasteiger partial charge >= 0.3 is 0 Å². The number of H-pyrrole nitrogens is 1. The predicted molar refractivity (Wildman–Crippen MR) is 108 cm³/mol. The number of fused-ring (bicyclic) bond motifs is 2. The van der Waals surface area contributed by atoms with Crippen molar-refractivity contribution < 1.29 is 14.6 Å². The van der Waals surface area contributed by atoms with Crippen LogP contribution in [-0.2, 0) is 4.79 Å². The van der Waals surface area contributed by atoms with Gasteiger partial charge in [-0.05, 0) is 36.8 Å². The monoisotopic (exact) mass is 389 g/mol. The molecule has 0 aliphatic carbocycles. The first-order chi connectivity index (χ1) is 14.0. The van der Waals surface area contributed by atoms with Gasteiger partial charge in [-0.2, -0.15) is 9.78 Å². The zero-order valence-electron chi connectivity index (χ0n) is 15.9. The summed E-state index contributed by atoms with van der Waals surface area (Å²) in [5, 5.41) is 17.5. The fourth-order valence-corrected chi connectivity index (χ4v) is 3.94. The number of aromatic amines is 1. The highest BCUT2D eigenvalue weighted by atomic mass is 16.5. The summed E-state index contributed by atoms with van der Waals surface area (Å²) < 4.78 is 6.89. The molecule has 3 heterocycles. The molecule has 1 atom stereocenters. The van der Waals surface area contributed by atoms with Crippen molar-refractivity contribution >= 4 is 22.8 Å². The summed E-state index contributed by atoms with van der Waals surface area (Å²) in [4.78, 5) is 20.4. The molecule has 1 unspecified atom stereocenters. The van der Waals surface area contributed by atoms with Crippen molar-refractivity contribution in [3.8, 4) is 17.4 Å². The normalized spacial score (nSPS) is 15.9. The molecule has 5 rings (SSSR count). The SMILES string of the molecule is COc1cc(C2CC(=O)Nc3c2c(C)nn3-c2nc3ccccc3[nH]2)ccc1O. The number of imidazole rings is 1. The van der Waals surface area contributed by atoms with Crippen LogP contribution in [0.2, 0.25) is 0 Å². The fourth-order valence-electron chi connectivity index (χ4n) is 3.94. The topological polar surface area (TPSA) is 105 Å². The molecule has 2 aromatic carbocycles. The van der Waals surface area contributed by atoms with Crippen LogP contribution in [-0.4, -0.2) is 37.9 Å². The van der Waals surface area contributed by atoms with Crippen LogP contribution < -0.4 is 10.1 Å². The second-order valence-corrected chi connectivity index (χ2v) is 7.07. The van der Waals surface area contributed by atoms with Crippen LogP contribution in [0.25, 0.3) is 17.0 Å². The van der Waals surface area contributed by atoms with E-state index in [0.717, 1.165) is 27.9 Å². The molecule has 0 saturated heterocycles. The summed E-state index contributed by atoms with van der Waals surface area (Å²) in [7, 11) is 1.50. The molecule has 0 spiro atoms. The van der Waals surface area contributed by atoms with Crippen LogP contribution in [0.15, 0.2) is 42.5 Å². The lowest BCUT2D eigenvalue weighted by molar-refractivity contribution is -0.116. The molecule has 0 saturated carbocycles. The van der Waals surface area contributed by atoms with Crippen molar-refractivity contribution in [1.29, 1.82) is 0 Å². The standard InChI is InChI=1S/C21H19N5O3/c1-11-19-13(12-7-8-16(27)17(9-12)29-2)10-18(28)24-20(19)26(25-11)21-22-14-5-3-4-6-15(14)23-21/h3-9,13,27H,10H2,1-2H3,(H,22,23)(H,24,28). The largest absolute Gasteiger partial charge is 0.504 e. The molecule has 8 heteroatoms. The molecule has 8 nitrogen and oxygen atoms in total. The number of hydrogen-bond donors (Lipinski definition) is 3. The Morgan fingerprint density at radius 3 is 2.86 bits per heavy atom. The van der Waals surface area contributed by atoms with Gasteiger partial charge in [0.2, 0.25) is 11.9 Å². The van der Waals surface area contributed by atoms with Gasteiger partial charge in [-0.1, -0.05) is 18.2 Å². The van der Waals surface area contributed by atoms with Crippen molar-refractivity contribution in [3.63, 3.8) is 0 Å². The van der Waals surface area contributed by atoms with Crippen LogP contribution >= 0.6 is 0 Å². The number of methoxy groups -OCH3 is 1. The Morgan fingerprint density at radius 1 is 1.24 bits per heavy atom. The predicted octanol–water partition coefficient (Wildman–Crippen LogP) is 3.25. The van der Waals surface area contributed by atoms with Gasteiger partial charge < -0.3 is 20.1 Å². The number of aromatic hydroxyl groups is 1. The quantitative estimate of drug-likeness (QED) is 0.499. The maximum absolute atomic E-state index is 12.5. The molecule has 1 amide bonds. The number of aryl methyl sites for hydroxylation is 1. The summed E-state index contributed by atoms with van der Waals surface area (Å²) in [5.41, 5.74) is 4.33. The van der Waals surface area contributed by atoms with Gasteiger partial charge in [-0.15, -0.1) is 0 Å². The van der Waals surface area contributed by atoms with E-state index in [2.05, 4.69) is 20.4 Å². The molecule has 0 bridgehead atoms. The zero-order valence-corrected chi connectivity index (χ0v) is 15.9. The van der Waals surface area contributed by atoms with Crippen molar-refractivity contribution in [2.45, 2.75) is 19.3 Å². The number of hydrogen-bond acceptors (Lipinski definition) is 5. The molecule has 0 fully saturated rings. The van der Waals surface area contributed by atoms with E-state index in [0.29, 0.717) is 17.5 Å². The van der Waals surface area contributed by atoms with Gasteiger partial charge in [0.05, 0.1) is 23.8 Å². The average molecular weight is 389 g/mol. The Labute approximate surface area is 166 Å². The number of ether oxygens (including phenoxy) is 1. The van der Waals surface area contributed by atoms with Crippen LogP contribution in [0, 0.1) is 6.92 Å². The highest BCUT2D eigenvalue weighted by Crippen LogP contribution is 2.42. The molecule has 1 aliphatic rings. The van der Waals surface area contributed by atoms with E-state index in [1.165, 1.54) is 7.11 Å². The smallest absolute Gasteiger partial charge is 0.231 e. The maximum Gasteiger partial charge on any atom is 0.231 e. The third kappa shape index (κ3) is 2.72. The van der Waals surface area contributed by atoms with Gasteiger partial charge in [0.1, 0.15) is 5.82 Å². The third-order valence-electron chi connectivity index (χ3n) is 5.29. The van der Waals surface area contributed by atoms with Gasteiger partial charge in [-0.25, -0.2) is 4.98 Å². The van der Waals surface area contributed by atoms with Crippen LogP contribution in [0.3, 0.4) is 0 Å². The zero-order chi connectivity index (χ0) is 20.1. The number of nitrogens with zero attached hydrogens (tertiary/aromatic N) is 3. The van der Waals surface area contributed by atoms with Gasteiger partial charge in [0.15, 0.2) is 11.5 Å². The van der Waals surface area contributed by atoms with Crippen LogP contribution in [0.1, 0.15) is 29.2 Å². The second kappa shape index (κ2) is 6.37. The molecule has 1 aliphatic heterocycles. The first-order valence-electron chi connectivity index (χ1n) is 9.26. The lowest BCUT2D eigenvalue weighted by Gasteiger charge is -2.24. The number of benzene rings is 2. The molecule has 146 valence electrons. The summed E-state index contributed by atoms with van der Waals surface area (Å²) >= 11 is 0. The Bertz CT molecular complexity index is 1220. The lowest BCUT2D eigenvalue weighted by Crippen LogP contribution is -2.25. The van der Waals surface area contributed by atoms with E-state index in [4.69, 9.17) is 4.74 Å². The Kier molecular flexibility index (Phi) is 3.80. The minimum atomic E-state index is -0.202. The van der Waals surface area contributed by atoms with Gasteiger partial charge in [0.25, 0.3) is 0 Å². The minimum absolute atomic E-state index is 0.0615. The summed E-state index contributed by atoms with van der Waals surface area (Å²) in [5.74, 6) is 1.27. The number of phenols is 1. The summed E-state index contributed by atoms with van der Waals surface area (Å²) in [6.45, 7) is 1.92. The molecular weight excluding hydrogens is 370 g/mol.